The third-order valence-corrected chi connectivity index (χ3v) is 3.93. The fourth-order valence-electron chi connectivity index (χ4n) is 2.59. The number of rotatable bonds is 9. The summed E-state index contributed by atoms with van der Waals surface area (Å²) < 4.78 is 5.08. The molecule has 1 rings (SSSR count). The monoisotopic (exact) mass is 285 g/mol. The van der Waals surface area contributed by atoms with Crippen LogP contribution in [0.4, 0.5) is 0 Å². The molecule has 5 nitrogen and oxygen atoms in total. The van der Waals surface area contributed by atoms with E-state index in [1.165, 1.54) is 0 Å². The molecule has 1 aliphatic rings. The number of carbonyl (C=O) groups excluding carboxylic acids is 1. The van der Waals surface area contributed by atoms with Crippen LogP contribution in [0.2, 0.25) is 0 Å². The molecule has 0 radical (unpaired) electrons. The van der Waals surface area contributed by atoms with Crippen LogP contribution in [0.3, 0.4) is 0 Å². The Morgan fingerprint density at radius 2 is 2.10 bits per heavy atom. The lowest BCUT2D eigenvalue weighted by molar-refractivity contribution is -0.131. The van der Waals surface area contributed by atoms with Crippen molar-refractivity contribution in [3.8, 4) is 0 Å². The van der Waals surface area contributed by atoms with Gasteiger partial charge in [-0.1, -0.05) is 27.2 Å². The Morgan fingerprint density at radius 3 is 2.65 bits per heavy atom. The van der Waals surface area contributed by atoms with Crippen molar-refractivity contribution in [1.82, 2.24) is 15.1 Å². The van der Waals surface area contributed by atoms with Gasteiger partial charge in [-0.3, -0.25) is 10.1 Å². The maximum atomic E-state index is 12.5. The van der Waals surface area contributed by atoms with Crippen molar-refractivity contribution < 1.29 is 9.53 Å². The summed E-state index contributed by atoms with van der Waals surface area (Å²) in [5.74, 6) is 0.608. The molecule has 1 heterocycles. The zero-order chi connectivity index (χ0) is 15.1. The zero-order valence-electron chi connectivity index (χ0n) is 13.7. The van der Waals surface area contributed by atoms with E-state index >= 15 is 0 Å². The lowest BCUT2D eigenvalue weighted by Crippen LogP contribution is -2.42. The van der Waals surface area contributed by atoms with E-state index in [0.29, 0.717) is 5.92 Å². The van der Waals surface area contributed by atoms with E-state index in [-0.39, 0.29) is 18.1 Å². The molecule has 1 amide bonds. The van der Waals surface area contributed by atoms with Gasteiger partial charge in [0.05, 0.1) is 18.8 Å². The van der Waals surface area contributed by atoms with Crippen LogP contribution < -0.4 is 5.32 Å². The molecule has 0 bridgehead atoms. The van der Waals surface area contributed by atoms with Crippen molar-refractivity contribution >= 4 is 5.91 Å². The number of ether oxygens (including phenoxy) is 1. The van der Waals surface area contributed by atoms with Crippen molar-refractivity contribution in [3.05, 3.63) is 0 Å². The Bertz CT molecular complexity index is 297. The number of methoxy groups -OCH3 is 1. The summed E-state index contributed by atoms with van der Waals surface area (Å²) in [7, 11) is 3.79. The topological polar surface area (TPSA) is 44.8 Å². The molecule has 0 aromatic carbocycles. The molecular weight excluding hydrogens is 254 g/mol. The molecular formula is C15H31N3O2. The summed E-state index contributed by atoms with van der Waals surface area (Å²) in [4.78, 5) is 16.7. The van der Waals surface area contributed by atoms with Crippen LogP contribution in [0.5, 0.6) is 0 Å². The van der Waals surface area contributed by atoms with Gasteiger partial charge >= 0.3 is 0 Å². The SMILES string of the molecule is CCCC1NC(C(C)C)C(=O)N1CCN(C)CCOC. The first-order valence-corrected chi connectivity index (χ1v) is 7.75. The standard InChI is InChI=1S/C15H31N3O2/c1-6-7-13-16-14(12(2)3)15(19)18(13)9-8-17(4)10-11-20-5/h12-14,16H,6-11H2,1-5H3. The first-order valence-electron chi connectivity index (χ1n) is 7.75. The summed E-state index contributed by atoms with van der Waals surface area (Å²) in [5, 5.41) is 3.49. The van der Waals surface area contributed by atoms with E-state index in [1.54, 1.807) is 7.11 Å². The van der Waals surface area contributed by atoms with Crippen LogP contribution in [0.15, 0.2) is 0 Å². The molecule has 5 heteroatoms. The molecule has 2 unspecified atom stereocenters. The average Bonchev–Trinajstić information content (AvgIpc) is 2.71. The third-order valence-electron chi connectivity index (χ3n) is 3.93. The lowest BCUT2D eigenvalue weighted by Gasteiger charge is -2.26. The second kappa shape index (κ2) is 8.60. The summed E-state index contributed by atoms with van der Waals surface area (Å²) in [6, 6.07) is -0.0177. The first kappa shape index (κ1) is 17.4. The highest BCUT2D eigenvalue weighted by atomic mass is 16.5. The highest BCUT2D eigenvalue weighted by Gasteiger charge is 2.39. The van der Waals surface area contributed by atoms with Crippen LogP contribution in [-0.4, -0.2) is 68.3 Å². The maximum Gasteiger partial charge on any atom is 0.241 e. The number of hydrogen-bond donors (Lipinski definition) is 1. The molecule has 1 fully saturated rings. The van der Waals surface area contributed by atoms with Crippen LogP contribution in [0.1, 0.15) is 33.6 Å². The van der Waals surface area contributed by atoms with Gasteiger partial charge in [0.25, 0.3) is 0 Å². The average molecular weight is 285 g/mol. The van der Waals surface area contributed by atoms with Crippen molar-refractivity contribution in [2.45, 2.75) is 45.8 Å². The van der Waals surface area contributed by atoms with Gasteiger partial charge in [0, 0.05) is 26.7 Å². The summed E-state index contributed by atoms with van der Waals surface area (Å²) in [6.07, 6.45) is 2.32. The Kier molecular flexibility index (Phi) is 7.48. The normalized spacial score (nSPS) is 23.4. The molecule has 0 spiro atoms. The molecule has 0 saturated carbocycles. The van der Waals surface area contributed by atoms with Gasteiger partial charge in [0.1, 0.15) is 0 Å². The second-order valence-electron chi connectivity index (χ2n) is 6.02. The molecule has 1 saturated heterocycles. The van der Waals surface area contributed by atoms with Crippen molar-refractivity contribution in [2.75, 3.05) is 40.4 Å². The number of nitrogens with zero attached hydrogens (tertiary/aromatic N) is 2. The van der Waals surface area contributed by atoms with E-state index in [4.69, 9.17) is 4.74 Å². The Hall–Kier alpha value is -0.650. The van der Waals surface area contributed by atoms with Gasteiger partial charge in [0.2, 0.25) is 5.91 Å². The Labute approximate surface area is 123 Å². The van der Waals surface area contributed by atoms with Crippen molar-refractivity contribution in [2.24, 2.45) is 5.92 Å². The van der Waals surface area contributed by atoms with Gasteiger partial charge in [-0.15, -0.1) is 0 Å². The predicted octanol–water partition coefficient (Wildman–Crippen LogP) is 1.15. The fraction of sp³-hybridized carbons (Fsp3) is 0.933. The van der Waals surface area contributed by atoms with Gasteiger partial charge in [-0.05, 0) is 19.4 Å². The van der Waals surface area contributed by atoms with Gasteiger partial charge in [-0.2, -0.15) is 0 Å². The highest BCUT2D eigenvalue weighted by Crippen LogP contribution is 2.19. The van der Waals surface area contributed by atoms with Gasteiger partial charge in [-0.25, -0.2) is 0 Å². The van der Waals surface area contributed by atoms with E-state index in [9.17, 15) is 4.79 Å². The Balaban J connectivity index is 2.53. The maximum absolute atomic E-state index is 12.5. The number of likely N-dealkylation sites (N-methyl/N-ethyl adjacent to an activating group) is 1. The minimum Gasteiger partial charge on any atom is -0.383 e. The number of carbonyl (C=O) groups is 1. The lowest BCUT2D eigenvalue weighted by atomic mass is 10.1. The molecule has 0 aromatic heterocycles. The predicted molar refractivity (Wildman–Crippen MR) is 81.5 cm³/mol. The van der Waals surface area contributed by atoms with Crippen LogP contribution in [0, 0.1) is 5.92 Å². The molecule has 1 N–H and O–H groups in total. The van der Waals surface area contributed by atoms with Crippen molar-refractivity contribution in [1.29, 1.82) is 0 Å². The summed E-state index contributed by atoms with van der Waals surface area (Å²) in [5.41, 5.74) is 0. The van der Waals surface area contributed by atoms with E-state index in [0.717, 1.165) is 39.1 Å². The smallest absolute Gasteiger partial charge is 0.241 e. The number of amides is 1. The van der Waals surface area contributed by atoms with E-state index < -0.39 is 0 Å². The second-order valence-corrected chi connectivity index (χ2v) is 6.02. The molecule has 1 aliphatic heterocycles. The molecule has 2 atom stereocenters. The van der Waals surface area contributed by atoms with E-state index in [1.807, 2.05) is 4.90 Å². The van der Waals surface area contributed by atoms with Crippen LogP contribution in [0.25, 0.3) is 0 Å². The fourth-order valence-corrected chi connectivity index (χ4v) is 2.59. The zero-order valence-corrected chi connectivity index (χ0v) is 13.7. The van der Waals surface area contributed by atoms with Gasteiger partial charge < -0.3 is 14.5 Å². The molecule has 20 heavy (non-hydrogen) atoms. The minimum atomic E-state index is -0.0177. The summed E-state index contributed by atoms with van der Waals surface area (Å²) in [6.45, 7) is 9.69. The quantitative estimate of drug-likeness (QED) is 0.690. The summed E-state index contributed by atoms with van der Waals surface area (Å²) >= 11 is 0. The number of hydrogen-bond acceptors (Lipinski definition) is 4. The van der Waals surface area contributed by atoms with Crippen LogP contribution in [-0.2, 0) is 9.53 Å². The molecule has 0 aromatic rings. The van der Waals surface area contributed by atoms with Crippen molar-refractivity contribution in [3.63, 3.8) is 0 Å². The third kappa shape index (κ3) is 4.72. The largest absolute Gasteiger partial charge is 0.383 e. The van der Waals surface area contributed by atoms with Crippen LogP contribution >= 0.6 is 0 Å². The minimum absolute atomic E-state index is 0.0177. The highest BCUT2D eigenvalue weighted by molar-refractivity contribution is 5.84. The first-order chi connectivity index (χ1) is 9.51. The molecule has 0 aliphatic carbocycles. The molecule has 118 valence electrons. The van der Waals surface area contributed by atoms with E-state index in [2.05, 4.69) is 38.0 Å². The number of nitrogens with one attached hydrogen (secondary N) is 1. The van der Waals surface area contributed by atoms with Gasteiger partial charge in [0.15, 0.2) is 0 Å². The Morgan fingerprint density at radius 1 is 1.40 bits per heavy atom.